The van der Waals surface area contributed by atoms with E-state index >= 15 is 0 Å². The van der Waals surface area contributed by atoms with E-state index in [4.69, 9.17) is 0 Å². The van der Waals surface area contributed by atoms with Gasteiger partial charge in [-0.2, -0.15) is 0 Å². The molecule has 0 fully saturated rings. The Labute approximate surface area is 279 Å². The highest BCUT2D eigenvalue weighted by Crippen LogP contribution is 2.59. The highest BCUT2D eigenvalue weighted by atomic mass is 16.3. The molecule has 254 valence electrons. The topological polar surface area (TPSA) is 80.9 Å². The van der Waals surface area contributed by atoms with Crippen LogP contribution in [0.2, 0.25) is 0 Å². The minimum Gasteiger partial charge on any atom is -0.395 e. The van der Waals surface area contributed by atoms with E-state index in [1.165, 1.54) is 25.7 Å². The third-order valence-electron chi connectivity index (χ3n) is 10.1. The van der Waals surface area contributed by atoms with Crippen molar-refractivity contribution >= 4 is 0 Å². The molecule has 4 nitrogen and oxygen atoms in total. The minimum atomic E-state index is -1.98. The van der Waals surface area contributed by atoms with Crippen LogP contribution >= 0.6 is 0 Å². The van der Waals surface area contributed by atoms with Crippen molar-refractivity contribution in [2.24, 2.45) is 5.41 Å². The number of unbranched alkanes of at least 4 members (excludes halogenated alkanes) is 7. The summed E-state index contributed by atoms with van der Waals surface area (Å²) < 4.78 is 0. The van der Waals surface area contributed by atoms with E-state index in [0.717, 1.165) is 36.0 Å². The lowest BCUT2D eigenvalue weighted by atomic mass is 9.52. The van der Waals surface area contributed by atoms with Crippen LogP contribution in [-0.4, -0.2) is 33.6 Å². The van der Waals surface area contributed by atoms with Crippen LogP contribution < -0.4 is 0 Å². The lowest BCUT2D eigenvalue weighted by molar-refractivity contribution is -0.230. The van der Waals surface area contributed by atoms with Crippen LogP contribution in [0.15, 0.2) is 72.8 Å². The third-order valence-corrected chi connectivity index (χ3v) is 10.1. The summed E-state index contributed by atoms with van der Waals surface area (Å²) in [5.74, 6) is 0. The van der Waals surface area contributed by atoms with Gasteiger partial charge in [-0.15, -0.1) is 0 Å². The molecule has 0 heterocycles. The SMILES string of the molecule is CCCCCCCCCCC(O)(c1ccccc1)C(CO)(CO)C(O)(c1ccccc1)c1c(C(C)(C)C)cc(C)cc1C(C)(C)C. The van der Waals surface area contributed by atoms with Crippen LogP contribution in [0.3, 0.4) is 0 Å². The van der Waals surface area contributed by atoms with Crippen LogP contribution in [0, 0.1) is 12.3 Å². The van der Waals surface area contributed by atoms with Gasteiger partial charge in [0.05, 0.1) is 18.6 Å². The molecule has 4 N–H and O–H groups in total. The van der Waals surface area contributed by atoms with E-state index in [9.17, 15) is 20.4 Å². The fourth-order valence-electron chi connectivity index (χ4n) is 7.43. The Balaban J connectivity index is 2.40. The summed E-state index contributed by atoms with van der Waals surface area (Å²) in [6.45, 7) is 15.8. The molecule has 3 rings (SSSR count). The van der Waals surface area contributed by atoms with Crippen molar-refractivity contribution in [2.75, 3.05) is 13.2 Å². The summed E-state index contributed by atoms with van der Waals surface area (Å²) in [6.07, 6.45) is 9.03. The highest BCUT2D eigenvalue weighted by molar-refractivity contribution is 5.55. The van der Waals surface area contributed by atoms with Crippen LogP contribution in [-0.2, 0) is 22.0 Å². The maximum absolute atomic E-state index is 13.9. The lowest BCUT2D eigenvalue weighted by Crippen LogP contribution is -2.64. The summed E-state index contributed by atoms with van der Waals surface area (Å²) in [5, 5.41) is 50.6. The normalized spacial score (nSPS) is 15.4. The molecule has 0 aliphatic carbocycles. The van der Waals surface area contributed by atoms with Crippen LogP contribution in [0.4, 0.5) is 0 Å². The number of hydrogen-bond donors (Lipinski definition) is 4. The molecule has 3 aromatic rings. The van der Waals surface area contributed by atoms with Gasteiger partial charge in [-0.1, -0.05) is 178 Å². The zero-order valence-corrected chi connectivity index (χ0v) is 30.0. The molecule has 0 radical (unpaired) electrons. The smallest absolute Gasteiger partial charge is 0.128 e. The van der Waals surface area contributed by atoms with E-state index in [1.54, 1.807) is 0 Å². The summed E-state index contributed by atoms with van der Waals surface area (Å²) >= 11 is 0. The Kier molecular flexibility index (Phi) is 12.9. The van der Waals surface area contributed by atoms with Crippen LogP contribution in [0.5, 0.6) is 0 Å². The van der Waals surface area contributed by atoms with Crippen molar-refractivity contribution in [1.29, 1.82) is 0 Å². The van der Waals surface area contributed by atoms with Crippen molar-refractivity contribution < 1.29 is 20.4 Å². The summed E-state index contributed by atoms with van der Waals surface area (Å²) in [7, 11) is 0. The van der Waals surface area contributed by atoms with E-state index in [2.05, 4.69) is 67.5 Å². The molecule has 0 saturated carbocycles. The molecule has 3 aromatic carbocycles. The summed E-state index contributed by atoms with van der Waals surface area (Å²) in [4.78, 5) is 0. The zero-order chi connectivity index (χ0) is 34.2. The average Bonchev–Trinajstić information content (AvgIpc) is 3.02. The van der Waals surface area contributed by atoms with Crippen molar-refractivity contribution in [3.63, 3.8) is 0 Å². The monoisotopic (exact) mass is 630 g/mol. The van der Waals surface area contributed by atoms with E-state index in [1.807, 2.05) is 60.7 Å². The number of aryl methyl sites for hydroxylation is 1. The number of aliphatic hydroxyl groups excluding tert-OH is 2. The van der Waals surface area contributed by atoms with E-state index in [0.29, 0.717) is 23.1 Å². The maximum Gasteiger partial charge on any atom is 0.128 e. The molecule has 4 heteroatoms. The van der Waals surface area contributed by atoms with Gasteiger partial charge in [-0.3, -0.25) is 0 Å². The van der Waals surface area contributed by atoms with Gasteiger partial charge in [0.25, 0.3) is 0 Å². The molecular formula is C42H62O4. The Hall–Kier alpha value is -2.50. The van der Waals surface area contributed by atoms with Gasteiger partial charge in [-0.05, 0) is 52.0 Å². The van der Waals surface area contributed by atoms with Crippen LogP contribution in [0.1, 0.15) is 140 Å². The first-order chi connectivity index (χ1) is 21.6. The van der Waals surface area contributed by atoms with Gasteiger partial charge >= 0.3 is 0 Å². The molecule has 0 aliphatic rings. The van der Waals surface area contributed by atoms with Gasteiger partial charge < -0.3 is 20.4 Å². The third kappa shape index (κ3) is 7.62. The summed E-state index contributed by atoms with van der Waals surface area (Å²) in [6, 6.07) is 23.0. The Morgan fingerprint density at radius 2 is 0.978 bits per heavy atom. The van der Waals surface area contributed by atoms with Crippen molar-refractivity contribution in [3.05, 3.63) is 106 Å². The Morgan fingerprint density at radius 1 is 0.565 bits per heavy atom. The van der Waals surface area contributed by atoms with Gasteiger partial charge in [0, 0.05) is 0 Å². The van der Waals surface area contributed by atoms with Gasteiger partial charge in [0.15, 0.2) is 0 Å². The molecular weight excluding hydrogens is 568 g/mol. The van der Waals surface area contributed by atoms with Crippen molar-refractivity contribution in [3.8, 4) is 0 Å². The standard InChI is InChI=1S/C42H62O4/c1-9-10-11-12-13-14-15-22-27-41(45,33-23-18-16-19-24-33)40(30-43,31-44)42(46,34-25-20-17-21-26-34)37-35(38(3,4)5)28-32(2)29-36(37)39(6,7)8/h16-21,23-26,28-29,43-46H,9-15,22,27,30-31H2,1-8H3. The summed E-state index contributed by atoms with van der Waals surface area (Å²) in [5.41, 5.74) is -1.69. The highest BCUT2D eigenvalue weighted by Gasteiger charge is 2.65. The largest absolute Gasteiger partial charge is 0.395 e. The number of hydrogen-bond acceptors (Lipinski definition) is 4. The van der Waals surface area contributed by atoms with E-state index in [-0.39, 0.29) is 6.42 Å². The molecule has 0 spiro atoms. The lowest BCUT2D eigenvalue weighted by Gasteiger charge is -2.56. The van der Waals surface area contributed by atoms with Gasteiger partial charge in [-0.25, -0.2) is 0 Å². The molecule has 0 aromatic heterocycles. The maximum atomic E-state index is 13.9. The minimum absolute atomic E-state index is 0.282. The fraction of sp³-hybridized carbons (Fsp3) is 0.571. The predicted octanol–water partition coefficient (Wildman–Crippen LogP) is 9.22. The molecule has 2 unspecified atom stereocenters. The molecule has 0 amide bonds. The Bertz CT molecular complexity index is 1310. The second kappa shape index (κ2) is 15.6. The van der Waals surface area contributed by atoms with E-state index < -0.39 is 40.7 Å². The predicted molar refractivity (Wildman–Crippen MR) is 192 cm³/mol. The zero-order valence-electron chi connectivity index (χ0n) is 30.0. The average molecular weight is 631 g/mol. The van der Waals surface area contributed by atoms with Gasteiger partial charge in [0.2, 0.25) is 0 Å². The first-order valence-electron chi connectivity index (χ1n) is 17.6. The quantitative estimate of drug-likeness (QED) is 0.119. The van der Waals surface area contributed by atoms with Gasteiger partial charge in [0.1, 0.15) is 11.2 Å². The first kappa shape index (κ1) is 38.0. The second-order valence-corrected chi connectivity index (χ2v) is 15.7. The molecule has 46 heavy (non-hydrogen) atoms. The van der Waals surface area contributed by atoms with Crippen molar-refractivity contribution in [1.82, 2.24) is 0 Å². The van der Waals surface area contributed by atoms with Crippen LogP contribution in [0.25, 0.3) is 0 Å². The molecule has 0 bridgehead atoms. The number of aliphatic hydroxyl groups is 4. The number of rotatable bonds is 16. The van der Waals surface area contributed by atoms with Crippen molar-refractivity contribution in [2.45, 2.75) is 135 Å². The molecule has 0 saturated heterocycles. The fourth-order valence-corrected chi connectivity index (χ4v) is 7.43. The second-order valence-electron chi connectivity index (χ2n) is 15.7. The molecule has 0 aliphatic heterocycles. The molecule has 2 atom stereocenters. The first-order valence-corrected chi connectivity index (χ1v) is 17.6. The number of benzene rings is 3. The Morgan fingerprint density at radius 3 is 1.39 bits per heavy atom.